The molecule has 0 aromatic heterocycles. The smallest absolute Gasteiger partial charge is 0.223 e. The number of carbonyl (C=O) groups is 1. The summed E-state index contributed by atoms with van der Waals surface area (Å²) in [6, 6.07) is 0.457. The summed E-state index contributed by atoms with van der Waals surface area (Å²) in [5.41, 5.74) is 5.61. The summed E-state index contributed by atoms with van der Waals surface area (Å²) in [6.07, 6.45) is 0.946. The summed E-state index contributed by atoms with van der Waals surface area (Å²) < 4.78 is 0. The van der Waals surface area contributed by atoms with Crippen LogP contribution in [0.4, 0.5) is 0 Å². The van der Waals surface area contributed by atoms with Crippen molar-refractivity contribution in [2.45, 2.75) is 25.4 Å². The molecule has 2 rings (SSSR count). The van der Waals surface area contributed by atoms with Crippen LogP contribution in [0.5, 0.6) is 0 Å². The normalized spacial score (nSPS) is 34.9. The lowest BCUT2D eigenvalue weighted by Gasteiger charge is -2.31. The van der Waals surface area contributed by atoms with Crippen molar-refractivity contribution in [3.63, 3.8) is 0 Å². The second kappa shape index (κ2) is 3.27. The van der Waals surface area contributed by atoms with E-state index in [2.05, 4.69) is 10.6 Å². The van der Waals surface area contributed by atoms with Crippen molar-refractivity contribution in [2.24, 2.45) is 17.6 Å². The van der Waals surface area contributed by atoms with Gasteiger partial charge in [0.1, 0.15) is 0 Å². The first-order valence-electron chi connectivity index (χ1n) is 4.95. The van der Waals surface area contributed by atoms with Crippen LogP contribution in [0.1, 0.15) is 13.3 Å². The number of hydrogen-bond acceptors (Lipinski definition) is 3. The lowest BCUT2D eigenvalue weighted by Crippen LogP contribution is -2.50. The van der Waals surface area contributed by atoms with Gasteiger partial charge in [-0.1, -0.05) is 6.92 Å². The molecule has 2 aliphatic rings. The van der Waals surface area contributed by atoms with E-state index in [1.807, 2.05) is 6.92 Å². The quantitative estimate of drug-likeness (QED) is 0.529. The molecule has 0 aromatic rings. The van der Waals surface area contributed by atoms with Gasteiger partial charge in [0.2, 0.25) is 5.91 Å². The Kier molecular flexibility index (Phi) is 2.26. The van der Waals surface area contributed by atoms with Crippen LogP contribution in [0, 0.1) is 11.8 Å². The summed E-state index contributed by atoms with van der Waals surface area (Å²) in [6.45, 7) is 3.95. The van der Waals surface area contributed by atoms with Crippen LogP contribution in [0.3, 0.4) is 0 Å². The van der Waals surface area contributed by atoms with Gasteiger partial charge in [-0.3, -0.25) is 4.79 Å². The number of rotatable bonds is 3. The zero-order chi connectivity index (χ0) is 9.42. The molecule has 1 aliphatic heterocycles. The molecule has 1 amide bonds. The first-order chi connectivity index (χ1) is 6.18. The van der Waals surface area contributed by atoms with Crippen LogP contribution in [0.15, 0.2) is 0 Å². The van der Waals surface area contributed by atoms with E-state index in [1.54, 1.807) is 0 Å². The van der Waals surface area contributed by atoms with Crippen molar-refractivity contribution < 1.29 is 4.79 Å². The summed E-state index contributed by atoms with van der Waals surface area (Å²) >= 11 is 0. The third kappa shape index (κ3) is 1.84. The van der Waals surface area contributed by atoms with Gasteiger partial charge in [0.05, 0.1) is 0 Å². The molecular formula is C9H17N3O. The minimum Gasteiger partial charge on any atom is -0.352 e. The number of carbonyl (C=O) groups excluding carboxylic acids is 1. The largest absolute Gasteiger partial charge is 0.352 e. The van der Waals surface area contributed by atoms with Crippen molar-refractivity contribution in [1.29, 1.82) is 0 Å². The predicted octanol–water partition coefficient (Wildman–Crippen LogP) is -0.942. The van der Waals surface area contributed by atoms with Gasteiger partial charge in [-0.2, -0.15) is 0 Å². The van der Waals surface area contributed by atoms with Gasteiger partial charge >= 0.3 is 0 Å². The Morgan fingerprint density at radius 2 is 2.23 bits per heavy atom. The van der Waals surface area contributed by atoms with E-state index < -0.39 is 0 Å². The summed E-state index contributed by atoms with van der Waals surface area (Å²) in [7, 11) is 0. The Morgan fingerprint density at radius 1 is 1.62 bits per heavy atom. The Bertz CT molecular complexity index is 215. The molecule has 0 radical (unpaired) electrons. The second-order valence-corrected chi connectivity index (χ2v) is 4.22. The standard InChI is InChI=1S/C9H17N3O/c1-5(6-3-11-4-6)9(13)12-8-2-7(8)10/h5-8,11H,2-4,10H2,1H3,(H,12,13). The van der Waals surface area contributed by atoms with Gasteiger partial charge in [0.15, 0.2) is 0 Å². The van der Waals surface area contributed by atoms with E-state index >= 15 is 0 Å². The second-order valence-electron chi connectivity index (χ2n) is 4.22. The van der Waals surface area contributed by atoms with Gasteiger partial charge in [-0.25, -0.2) is 0 Å². The van der Waals surface area contributed by atoms with Gasteiger partial charge in [0, 0.05) is 18.0 Å². The highest BCUT2D eigenvalue weighted by molar-refractivity contribution is 5.79. The molecule has 1 heterocycles. The van der Waals surface area contributed by atoms with E-state index in [0.29, 0.717) is 5.92 Å². The Morgan fingerprint density at radius 3 is 2.62 bits per heavy atom. The number of nitrogens with two attached hydrogens (primary N) is 1. The molecule has 0 bridgehead atoms. The fourth-order valence-electron chi connectivity index (χ4n) is 1.57. The molecule has 1 saturated heterocycles. The van der Waals surface area contributed by atoms with Crippen molar-refractivity contribution >= 4 is 5.91 Å². The fraction of sp³-hybridized carbons (Fsp3) is 0.889. The van der Waals surface area contributed by atoms with Crippen molar-refractivity contribution in [1.82, 2.24) is 10.6 Å². The predicted molar refractivity (Wildman–Crippen MR) is 50.0 cm³/mol. The van der Waals surface area contributed by atoms with Crippen LogP contribution in [0.25, 0.3) is 0 Å². The fourth-order valence-corrected chi connectivity index (χ4v) is 1.57. The molecule has 74 valence electrons. The van der Waals surface area contributed by atoms with E-state index in [-0.39, 0.29) is 23.9 Å². The van der Waals surface area contributed by atoms with E-state index in [4.69, 9.17) is 5.73 Å². The Balaban J connectivity index is 1.75. The molecule has 4 heteroatoms. The molecule has 0 aromatic carbocycles. The van der Waals surface area contributed by atoms with E-state index in [0.717, 1.165) is 19.5 Å². The van der Waals surface area contributed by atoms with E-state index in [1.165, 1.54) is 0 Å². The van der Waals surface area contributed by atoms with Gasteiger partial charge < -0.3 is 16.4 Å². The van der Waals surface area contributed by atoms with Gasteiger partial charge in [-0.05, 0) is 25.4 Å². The maximum absolute atomic E-state index is 11.6. The number of nitrogens with one attached hydrogen (secondary N) is 2. The molecule has 13 heavy (non-hydrogen) atoms. The highest BCUT2D eigenvalue weighted by Gasteiger charge is 2.37. The zero-order valence-electron chi connectivity index (χ0n) is 7.92. The average molecular weight is 183 g/mol. The minimum atomic E-state index is 0.133. The molecule has 0 spiro atoms. The van der Waals surface area contributed by atoms with Crippen LogP contribution >= 0.6 is 0 Å². The summed E-state index contributed by atoms with van der Waals surface area (Å²) in [5.74, 6) is 0.827. The molecule has 3 atom stereocenters. The first-order valence-corrected chi connectivity index (χ1v) is 4.95. The average Bonchev–Trinajstić information content (AvgIpc) is 2.62. The van der Waals surface area contributed by atoms with Crippen molar-refractivity contribution in [3.8, 4) is 0 Å². The molecule has 4 nitrogen and oxygen atoms in total. The molecule has 1 saturated carbocycles. The molecule has 4 N–H and O–H groups in total. The summed E-state index contributed by atoms with van der Waals surface area (Å²) in [5, 5.41) is 6.13. The van der Waals surface area contributed by atoms with Crippen molar-refractivity contribution in [2.75, 3.05) is 13.1 Å². The lowest BCUT2D eigenvalue weighted by molar-refractivity contribution is -0.126. The minimum absolute atomic E-state index is 0.133. The van der Waals surface area contributed by atoms with Crippen LogP contribution in [-0.2, 0) is 4.79 Å². The lowest BCUT2D eigenvalue weighted by atomic mass is 9.88. The monoisotopic (exact) mass is 183 g/mol. The van der Waals surface area contributed by atoms with Gasteiger partial charge in [0.25, 0.3) is 0 Å². The van der Waals surface area contributed by atoms with Crippen molar-refractivity contribution in [3.05, 3.63) is 0 Å². The Labute approximate surface area is 78.2 Å². The zero-order valence-corrected chi connectivity index (χ0v) is 7.92. The molecule has 1 aliphatic carbocycles. The molecule has 2 fully saturated rings. The number of hydrogen-bond donors (Lipinski definition) is 3. The highest BCUT2D eigenvalue weighted by Crippen LogP contribution is 2.21. The van der Waals surface area contributed by atoms with Crippen LogP contribution in [0.2, 0.25) is 0 Å². The molecule has 3 unspecified atom stereocenters. The SMILES string of the molecule is CC(C(=O)NC1CC1N)C1CNC1. The molecular weight excluding hydrogens is 166 g/mol. The van der Waals surface area contributed by atoms with Gasteiger partial charge in [-0.15, -0.1) is 0 Å². The Hall–Kier alpha value is -0.610. The first kappa shape index (κ1) is 8.97. The number of amides is 1. The van der Waals surface area contributed by atoms with E-state index in [9.17, 15) is 4.79 Å². The van der Waals surface area contributed by atoms with Crippen LogP contribution in [-0.4, -0.2) is 31.1 Å². The maximum atomic E-state index is 11.6. The maximum Gasteiger partial charge on any atom is 0.223 e. The third-order valence-electron chi connectivity index (χ3n) is 3.10. The highest BCUT2D eigenvalue weighted by atomic mass is 16.2. The van der Waals surface area contributed by atoms with Crippen LogP contribution < -0.4 is 16.4 Å². The summed E-state index contributed by atoms with van der Waals surface area (Å²) in [4.78, 5) is 11.6. The third-order valence-corrected chi connectivity index (χ3v) is 3.10. The topological polar surface area (TPSA) is 67.2 Å².